The first-order valence-corrected chi connectivity index (χ1v) is 5.03. The van der Waals surface area contributed by atoms with Crippen LogP contribution in [0.4, 0.5) is 9.52 Å². The number of aromatic nitrogens is 1. The van der Waals surface area contributed by atoms with E-state index < -0.39 is 0 Å². The van der Waals surface area contributed by atoms with E-state index in [1.807, 2.05) is 0 Å². The zero-order valence-corrected chi connectivity index (χ0v) is 8.57. The first kappa shape index (κ1) is 9.43. The number of benzene rings is 1. The lowest BCUT2D eigenvalue weighted by Crippen LogP contribution is -1.78. The lowest BCUT2D eigenvalue weighted by Gasteiger charge is -1.99. The molecular formula is C9H6ClFN2S. The molecule has 0 atom stereocenters. The molecule has 2 nitrogen and oxygen atoms in total. The molecule has 0 saturated heterocycles. The maximum Gasteiger partial charge on any atom is 0.180 e. The van der Waals surface area contributed by atoms with E-state index in [4.69, 9.17) is 17.3 Å². The molecule has 1 aromatic heterocycles. The van der Waals surface area contributed by atoms with Gasteiger partial charge in [0.05, 0.1) is 9.90 Å². The van der Waals surface area contributed by atoms with E-state index in [1.54, 1.807) is 12.3 Å². The molecule has 14 heavy (non-hydrogen) atoms. The number of nitrogens with two attached hydrogens (primary N) is 1. The van der Waals surface area contributed by atoms with Crippen LogP contribution in [0.5, 0.6) is 0 Å². The van der Waals surface area contributed by atoms with Crippen molar-refractivity contribution >= 4 is 28.1 Å². The highest BCUT2D eigenvalue weighted by molar-refractivity contribution is 7.18. The Bertz CT molecular complexity index is 470. The number of nitrogens with zero attached hydrogens (tertiary/aromatic N) is 1. The Morgan fingerprint density at radius 3 is 2.79 bits per heavy atom. The predicted octanol–water partition coefficient (Wildman–Crippen LogP) is 3.18. The van der Waals surface area contributed by atoms with Gasteiger partial charge in [0.1, 0.15) is 5.82 Å². The molecule has 0 aliphatic heterocycles. The lowest BCUT2D eigenvalue weighted by molar-refractivity contribution is 0.628. The van der Waals surface area contributed by atoms with Gasteiger partial charge in [0, 0.05) is 11.8 Å². The van der Waals surface area contributed by atoms with Crippen LogP contribution < -0.4 is 5.73 Å². The second-order valence-electron chi connectivity index (χ2n) is 2.69. The molecule has 0 aliphatic carbocycles. The SMILES string of the molecule is Nc1ncc(-c2ccc(F)cc2Cl)s1. The van der Waals surface area contributed by atoms with Gasteiger partial charge in [-0.15, -0.1) is 0 Å². The Balaban J connectivity index is 2.52. The summed E-state index contributed by atoms with van der Waals surface area (Å²) in [6, 6.07) is 4.24. The topological polar surface area (TPSA) is 38.9 Å². The summed E-state index contributed by atoms with van der Waals surface area (Å²) >= 11 is 7.19. The molecule has 2 rings (SSSR count). The Morgan fingerprint density at radius 1 is 1.43 bits per heavy atom. The fraction of sp³-hybridized carbons (Fsp3) is 0. The van der Waals surface area contributed by atoms with Crippen LogP contribution in [-0.4, -0.2) is 4.98 Å². The molecule has 1 aromatic carbocycles. The number of thiazole rings is 1. The Labute approximate surface area is 89.2 Å². The third-order valence-electron chi connectivity index (χ3n) is 1.72. The zero-order chi connectivity index (χ0) is 10.1. The molecule has 0 unspecified atom stereocenters. The van der Waals surface area contributed by atoms with Crippen LogP contribution in [0.1, 0.15) is 0 Å². The zero-order valence-electron chi connectivity index (χ0n) is 7.00. The van der Waals surface area contributed by atoms with Crippen molar-refractivity contribution in [2.24, 2.45) is 0 Å². The van der Waals surface area contributed by atoms with Crippen LogP contribution in [0.3, 0.4) is 0 Å². The molecule has 0 aliphatic rings. The van der Waals surface area contributed by atoms with Gasteiger partial charge in [0.2, 0.25) is 0 Å². The van der Waals surface area contributed by atoms with Crippen molar-refractivity contribution in [2.75, 3.05) is 5.73 Å². The number of hydrogen-bond donors (Lipinski definition) is 1. The number of nitrogen functional groups attached to an aromatic ring is 1. The first-order valence-electron chi connectivity index (χ1n) is 3.83. The summed E-state index contributed by atoms with van der Waals surface area (Å²) in [7, 11) is 0. The average Bonchev–Trinajstić information content (AvgIpc) is 2.51. The van der Waals surface area contributed by atoms with Crippen LogP contribution in [0.2, 0.25) is 5.02 Å². The maximum absolute atomic E-state index is 12.7. The van der Waals surface area contributed by atoms with Gasteiger partial charge in [-0.05, 0) is 18.2 Å². The standard InChI is InChI=1S/C9H6ClFN2S/c10-7-3-5(11)1-2-6(7)8-4-13-9(12)14-8/h1-4H,(H2,12,13). The third-order valence-corrected chi connectivity index (χ3v) is 2.89. The predicted molar refractivity (Wildman–Crippen MR) is 56.9 cm³/mol. The van der Waals surface area contributed by atoms with E-state index in [0.29, 0.717) is 10.2 Å². The average molecular weight is 229 g/mol. The smallest absolute Gasteiger partial charge is 0.180 e. The van der Waals surface area contributed by atoms with E-state index in [-0.39, 0.29) is 5.82 Å². The van der Waals surface area contributed by atoms with Crippen molar-refractivity contribution in [3.05, 3.63) is 35.2 Å². The van der Waals surface area contributed by atoms with Gasteiger partial charge in [0.25, 0.3) is 0 Å². The Morgan fingerprint density at radius 2 is 2.21 bits per heavy atom. The van der Waals surface area contributed by atoms with E-state index in [0.717, 1.165) is 10.4 Å². The van der Waals surface area contributed by atoms with Crippen molar-refractivity contribution in [1.29, 1.82) is 0 Å². The van der Waals surface area contributed by atoms with Crippen LogP contribution >= 0.6 is 22.9 Å². The number of halogens is 2. The third kappa shape index (κ3) is 1.71. The minimum absolute atomic E-state index is 0.351. The lowest BCUT2D eigenvalue weighted by atomic mass is 10.2. The highest BCUT2D eigenvalue weighted by atomic mass is 35.5. The molecule has 0 radical (unpaired) electrons. The normalized spacial score (nSPS) is 10.4. The summed E-state index contributed by atoms with van der Waals surface area (Å²) in [5, 5.41) is 0.842. The summed E-state index contributed by atoms with van der Waals surface area (Å²) in [5.74, 6) is -0.351. The fourth-order valence-electron chi connectivity index (χ4n) is 1.10. The summed E-state index contributed by atoms with van der Waals surface area (Å²) in [5.41, 5.74) is 6.24. The minimum atomic E-state index is -0.351. The van der Waals surface area contributed by atoms with Gasteiger partial charge >= 0.3 is 0 Å². The van der Waals surface area contributed by atoms with E-state index in [1.165, 1.54) is 23.5 Å². The second kappa shape index (κ2) is 3.55. The Hall–Kier alpha value is -1.13. The molecule has 0 bridgehead atoms. The van der Waals surface area contributed by atoms with E-state index >= 15 is 0 Å². The van der Waals surface area contributed by atoms with E-state index in [9.17, 15) is 4.39 Å². The van der Waals surface area contributed by atoms with Crippen LogP contribution in [-0.2, 0) is 0 Å². The van der Waals surface area contributed by atoms with Crippen molar-refractivity contribution in [3.63, 3.8) is 0 Å². The summed E-state index contributed by atoms with van der Waals surface area (Å²) in [6.07, 6.45) is 1.62. The molecule has 2 aromatic rings. The van der Waals surface area contributed by atoms with Crippen LogP contribution in [0, 0.1) is 5.82 Å². The van der Waals surface area contributed by atoms with Gasteiger partial charge in [-0.25, -0.2) is 9.37 Å². The molecule has 0 saturated carbocycles. The molecule has 0 spiro atoms. The van der Waals surface area contributed by atoms with Crippen LogP contribution in [0.25, 0.3) is 10.4 Å². The highest BCUT2D eigenvalue weighted by Gasteiger charge is 2.07. The maximum atomic E-state index is 12.7. The van der Waals surface area contributed by atoms with E-state index in [2.05, 4.69) is 4.98 Å². The van der Waals surface area contributed by atoms with Gasteiger partial charge in [0.15, 0.2) is 5.13 Å². The Kier molecular flexibility index (Phi) is 2.39. The quantitative estimate of drug-likeness (QED) is 0.814. The van der Waals surface area contributed by atoms with Crippen molar-refractivity contribution in [1.82, 2.24) is 4.98 Å². The van der Waals surface area contributed by atoms with Gasteiger partial charge < -0.3 is 5.73 Å². The van der Waals surface area contributed by atoms with Gasteiger partial charge in [-0.1, -0.05) is 22.9 Å². The minimum Gasteiger partial charge on any atom is -0.375 e. The summed E-state index contributed by atoms with van der Waals surface area (Å²) < 4.78 is 12.7. The number of anilines is 1. The molecule has 72 valence electrons. The number of hydrogen-bond acceptors (Lipinski definition) is 3. The monoisotopic (exact) mass is 228 g/mol. The van der Waals surface area contributed by atoms with Gasteiger partial charge in [-0.3, -0.25) is 0 Å². The van der Waals surface area contributed by atoms with Crippen molar-refractivity contribution in [3.8, 4) is 10.4 Å². The highest BCUT2D eigenvalue weighted by Crippen LogP contribution is 2.33. The van der Waals surface area contributed by atoms with Crippen molar-refractivity contribution < 1.29 is 4.39 Å². The molecule has 0 amide bonds. The fourth-order valence-corrected chi connectivity index (χ4v) is 2.15. The van der Waals surface area contributed by atoms with Crippen molar-refractivity contribution in [2.45, 2.75) is 0 Å². The molecule has 2 N–H and O–H groups in total. The number of rotatable bonds is 1. The summed E-state index contributed by atoms with van der Waals surface area (Å²) in [4.78, 5) is 4.74. The van der Waals surface area contributed by atoms with Crippen LogP contribution in [0.15, 0.2) is 24.4 Å². The molecule has 1 heterocycles. The largest absolute Gasteiger partial charge is 0.375 e. The molecule has 0 fully saturated rings. The first-order chi connectivity index (χ1) is 6.66. The molecule has 5 heteroatoms. The second-order valence-corrected chi connectivity index (χ2v) is 4.16. The molecular weight excluding hydrogens is 223 g/mol. The van der Waals surface area contributed by atoms with Gasteiger partial charge in [-0.2, -0.15) is 0 Å². The summed E-state index contributed by atoms with van der Waals surface area (Å²) in [6.45, 7) is 0.